The van der Waals surface area contributed by atoms with Gasteiger partial charge in [0.1, 0.15) is 0 Å². The van der Waals surface area contributed by atoms with Crippen LogP contribution in [0.1, 0.15) is 31.0 Å². The molecule has 1 aromatic heterocycles. The predicted molar refractivity (Wildman–Crippen MR) is 86.7 cm³/mol. The first-order valence-corrected chi connectivity index (χ1v) is 8.36. The van der Waals surface area contributed by atoms with Crippen molar-refractivity contribution in [2.45, 2.75) is 31.0 Å². The number of nitrogens with one attached hydrogen (secondary N) is 1. The largest absolute Gasteiger partial charge is 0.325 e. The van der Waals surface area contributed by atoms with Gasteiger partial charge in [-0.15, -0.1) is 11.3 Å². The van der Waals surface area contributed by atoms with Gasteiger partial charge in [0.2, 0.25) is 5.91 Å². The second kappa shape index (κ2) is 6.90. The predicted octanol–water partition coefficient (Wildman–Crippen LogP) is 4.31. The molecular weight excluding hydrogens is 288 g/mol. The van der Waals surface area contributed by atoms with E-state index in [2.05, 4.69) is 30.2 Å². The van der Waals surface area contributed by atoms with E-state index in [1.165, 1.54) is 11.8 Å². The zero-order chi connectivity index (χ0) is 14.5. The van der Waals surface area contributed by atoms with Crippen LogP contribution >= 0.6 is 23.1 Å². The van der Waals surface area contributed by atoms with Gasteiger partial charge in [0.05, 0.1) is 5.75 Å². The van der Waals surface area contributed by atoms with Crippen molar-refractivity contribution in [1.82, 2.24) is 4.98 Å². The van der Waals surface area contributed by atoms with Crippen molar-refractivity contribution < 1.29 is 4.79 Å². The molecule has 0 aliphatic rings. The second-order valence-corrected chi connectivity index (χ2v) is 6.91. The quantitative estimate of drug-likeness (QED) is 0.837. The number of anilines is 1. The van der Waals surface area contributed by atoms with Crippen LogP contribution in [0.2, 0.25) is 0 Å². The SMILES string of the molecule is Cc1csc(SCC(=O)Nc2ccccc2C(C)C)n1. The number of aryl methyl sites for hydroxylation is 1. The van der Waals surface area contributed by atoms with Gasteiger partial charge in [-0.2, -0.15) is 0 Å². The Morgan fingerprint density at radius 1 is 1.40 bits per heavy atom. The molecule has 0 bridgehead atoms. The van der Waals surface area contributed by atoms with Crippen molar-refractivity contribution in [3.63, 3.8) is 0 Å². The third-order valence-electron chi connectivity index (χ3n) is 2.78. The van der Waals surface area contributed by atoms with Crippen molar-refractivity contribution in [3.05, 3.63) is 40.9 Å². The van der Waals surface area contributed by atoms with E-state index in [9.17, 15) is 4.79 Å². The smallest absolute Gasteiger partial charge is 0.234 e. The standard InChI is InChI=1S/C15H18N2OS2/c1-10(2)12-6-4-5-7-13(12)17-14(18)9-20-15-16-11(3)8-19-15/h4-8,10H,9H2,1-3H3,(H,17,18). The van der Waals surface area contributed by atoms with Gasteiger partial charge in [-0.25, -0.2) is 4.98 Å². The van der Waals surface area contributed by atoms with Gasteiger partial charge >= 0.3 is 0 Å². The zero-order valence-corrected chi connectivity index (χ0v) is 13.5. The summed E-state index contributed by atoms with van der Waals surface area (Å²) in [5, 5.41) is 4.98. The third-order valence-corrected chi connectivity index (χ3v) is 4.92. The third kappa shape index (κ3) is 4.08. The lowest BCUT2D eigenvalue weighted by molar-refractivity contribution is -0.113. The van der Waals surface area contributed by atoms with Crippen LogP contribution in [0.15, 0.2) is 34.0 Å². The van der Waals surface area contributed by atoms with E-state index in [-0.39, 0.29) is 5.91 Å². The summed E-state index contributed by atoms with van der Waals surface area (Å²) in [6.07, 6.45) is 0. The van der Waals surface area contributed by atoms with Crippen LogP contribution in [0.3, 0.4) is 0 Å². The summed E-state index contributed by atoms with van der Waals surface area (Å²) in [6.45, 7) is 6.20. The molecule has 0 unspecified atom stereocenters. The highest BCUT2D eigenvalue weighted by Gasteiger charge is 2.10. The van der Waals surface area contributed by atoms with Crippen molar-refractivity contribution in [3.8, 4) is 0 Å². The van der Waals surface area contributed by atoms with Gasteiger partial charge in [0, 0.05) is 16.8 Å². The molecule has 0 radical (unpaired) electrons. The summed E-state index contributed by atoms with van der Waals surface area (Å²) in [5.41, 5.74) is 3.07. The minimum absolute atomic E-state index is 0.0101. The molecule has 1 amide bonds. The number of para-hydroxylation sites is 1. The molecule has 0 aliphatic heterocycles. The zero-order valence-electron chi connectivity index (χ0n) is 11.8. The number of carbonyl (C=O) groups excluding carboxylic acids is 1. The first kappa shape index (κ1) is 15.1. The highest BCUT2D eigenvalue weighted by Crippen LogP contribution is 2.25. The van der Waals surface area contributed by atoms with E-state index in [0.717, 1.165) is 21.3 Å². The molecule has 0 fully saturated rings. The van der Waals surface area contributed by atoms with Crippen LogP contribution in [0.5, 0.6) is 0 Å². The fraction of sp³-hybridized carbons (Fsp3) is 0.333. The summed E-state index contributed by atoms with van der Waals surface area (Å²) >= 11 is 3.06. The number of thiazole rings is 1. The molecule has 106 valence electrons. The lowest BCUT2D eigenvalue weighted by atomic mass is 10.0. The number of benzene rings is 1. The van der Waals surface area contributed by atoms with Crippen molar-refractivity contribution in [1.29, 1.82) is 0 Å². The highest BCUT2D eigenvalue weighted by molar-refractivity contribution is 8.01. The number of hydrogen-bond donors (Lipinski definition) is 1. The molecule has 0 saturated carbocycles. The maximum absolute atomic E-state index is 12.0. The van der Waals surface area contributed by atoms with Crippen LogP contribution in [0.4, 0.5) is 5.69 Å². The average Bonchev–Trinajstić information content (AvgIpc) is 2.83. The molecule has 1 heterocycles. The van der Waals surface area contributed by atoms with E-state index in [0.29, 0.717) is 11.7 Å². The van der Waals surface area contributed by atoms with Gasteiger partial charge < -0.3 is 5.32 Å². The number of carbonyl (C=O) groups is 1. The van der Waals surface area contributed by atoms with Crippen LogP contribution in [0, 0.1) is 6.92 Å². The monoisotopic (exact) mass is 306 g/mol. The lowest BCUT2D eigenvalue weighted by Gasteiger charge is -2.13. The molecular formula is C15H18N2OS2. The van der Waals surface area contributed by atoms with Crippen LogP contribution in [-0.2, 0) is 4.79 Å². The van der Waals surface area contributed by atoms with Gasteiger partial charge in [-0.05, 0) is 24.5 Å². The maximum atomic E-state index is 12.0. The molecule has 1 N–H and O–H groups in total. The lowest BCUT2D eigenvalue weighted by Crippen LogP contribution is -2.15. The van der Waals surface area contributed by atoms with E-state index < -0.39 is 0 Å². The number of aromatic nitrogens is 1. The Labute approximate surface area is 127 Å². The van der Waals surface area contributed by atoms with Crippen LogP contribution in [-0.4, -0.2) is 16.6 Å². The Morgan fingerprint density at radius 3 is 2.80 bits per heavy atom. The Hall–Kier alpha value is -1.33. The molecule has 0 saturated heterocycles. The van der Waals surface area contributed by atoms with Crippen molar-refractivity contribution in [2.75, 3.05) is 11.1 Å². The molecule has 1 aromatic carbocycles. The number of amides is 1. The molecule has 0 atom stereocenters. The van der Waals surface area contributed by atoms with Crippen molar-refractivity contribution >= 4 is 34.7 Å². The van der Waals surface area contributed by atoms with Crippen LogP contribution < -0.4 is 5.32 Å². The van der Waals surface area contributed by atoms with Crippen LogP contribution in [0.25, 0.3) is 0 Å². The molecule has 5 heteroatoms. The second-order valence-electron chi connectivity index (χ2n) is 4.83. The fourth-order valence-corrected chi connectivity index (χ4v) is 3.48. The van der Waals surface area contributed by atoms with E-state index in [1.54, 1.807) is 11.3 Å². The van der Waals surface area contributed by atoms with E-state index in [4.69, 9.17) is 0 Å². The molecule has 0 spiro atoms. The first-order valence-electron chi connectivity index (χ1n) is 6.50. The minimum atomic E-state index is 0.0101. The summed E-state index contributed by atoms with van der Waals surface area (Å²) in [6, 6.07) is 7.94. The molecule has 2 rings (SSSR count). The maximum Gasteiger partial charge on any atom is 0.234 e. The van der Waals surface area contributed by atoms with Gasteiger partial charge in [-0.1, -0.05) is 43.8 Å². The first-order chi connectivity index (χ1) is 9.56. The average molecular weight is 306 g/mol. The van der Waals surface area contributed by atoms with Gasteiger partial charge in [0.15, 0.2) is 4.34 Å². The fourth-order valence-electron chi connectivity index (χ4n) is 1.83. The minimum Gasteiger partial charge on any atom is -0.325 e. The summed E-state index contributed by atoms with van der Waals surface area (Å²) < 4.78 is 0.940. The molecule has 0 aliphatic carbocycles. The number of rotatable bonds is 5. The molecule has 20 heavy (non-hydrogen) atoms. The Bertz CT molecular complexity index is 593. The Morgan fingerprint density at radius 2 is 2.15 bits per heavy atom. The van der Waals surface area contributed by atoms with Gasteiger partial charge in [-0.3, -0.25) is 4.79 Å². The van der Waals surface area contributed by atoms with E-state index in [1.807, 2.05) is 30.5 Å². The number of nitrogens with zero attached hydrogens (tertiary/aromatic N) is 1. The normalized spacial score (nSPS) is 10.8. The summed E-state index contributed by atoms with van der Waals surface area (Å²) in [7, 11) is 0. The number of hydrogen-bond acceptors (Lipinski definition) is 4. The topological polar surface area (TPSA) is 42.0 Å². The molecule has 2 aromatic rings. The summed E-state index contributed by atoms with van der Waals surface area (Å²) in [5.74, 6) is 0.788. The molecule has 3 nitrogen and oxygen atoms in total. The van der Waals surface area contributed by atoms with Crippen molar-refractivity contribution in [2.24, 2.45) is 0 Å². The summed E-state index contributed by atoms with van der Waals surface area (Å²) in [4.78, 5) is 16.3. The Kier molecular flexibility index (Phi) is 5.20. The van der Waals surface area contributed by atoms with E-state index >= 15 is 0 Å². The highest BCUT2D eigenvalue weighted by atomic mass is 32.2. The number of thioether (sulfide) groups is 1. The van der Waals surface area contributed by atoms with Gasteiger partial charge in [0.25, 0.3) is 0 Å². The Balaban J connectivity index is 1.94.